The Labute approximate surface area is 97.3 Å². The van der Waals surface area contributed by atoms with Crippen LogP contribution in [0.1, 0.15) is 18.2 Å². The van der Waals surface area contributed by atoms with Gasteiger partial charge in [0, 0.05) is 15.5 Å². The van der Waals surface area contributed by atoms with Crippen molar-refractivity contribution in [2.75, 3.05) is 12.4 Å². The average Bonchev–Trinajstić information content (AvgIpc) is 2.88. The molecule has 0 amide bonds. The van der Waals surface area contributed by atoms with Crippen molar-refractivity contribution in [2.24, 2.45) is 0 Å². The Hall–Kier alpha value is -0.740. The van der Waals surface area contributed by atoms with Gasteiger partial charge in [0.15, 0.2) is 0 Å². The molecule has 0 spiro atoms. The molecule has 80 valence electrons. The Morgan fingerprint density at radius 1 is 1.60 bits per heavy atom. The Bertz CT molecular complexity index is 379. The van der Waals surface area contributed by atoms with Crippen LogP contribution in [-0.2, 0) is 9.53 Å². The Balaban J connectivity index is 2.27. The van der Waals surface area contributed by atoms with E-state index >= 15 is 0 Å². The quantitative estimate of drug-likeness (QED) is 0.759. The first-order chi connectivity index (χ1) is 7.33. The summed E-state index contributed by atoms with van der Waals surface area (Å²) in [7, 11) is 0. The largest absolute Gasteiger partial charge is 0.463 e. The highest BCUT2D eigenvalue weighted by Crippen LogP contribution is 2.41. The van der Waals surface area contributed by atoms with Gasteiger partial charge in [-0.05, 0) is 24.8 Å². The number of carbonyl (C=O) groups is 1. The van der Waals surface area contributed by atoms with Gasteiger partial charge in [0.05, 0.1) is 12.2 Å². The van der Waals surface area contributed by atoms with Crippen LogP contribution in [-0.4, -0.2) is 18.3 Å². The predicted molar refractivity (Wildman–Crippen MR) is 64.9 cm³/mol. The fraction of sp³-hybridized carbons (Fsp3) is 0.364. The summed E-state index contributed by atoms with van der Waals surface area (Å²) in [4.78, 5) is 14.0. The van der Waals surface area contributed by atoms with E-state index in [1.54, 1.807) is 23.1 Å². The van der Waals surface area contributed by atoms with E-state index in [0.29, 0.717) is 6.61 Å². The van der Waals surface area contributed by atoms with Crippen molar-refractivity contribution in [3.8, 4) is 0 Å². The topological polar surface area (TPSA) is 26.3 Å². The summed E-state index contributed by atoms with van der Waals surface area (Å²) in [5.74, 6) is 0.840. The molecule has 0 aromatic carbocycles. The zero-order valence-electron chi connectivity index (χ0n) is 8.49. The van der Waals surface area contributed by atoms with Gasteiger partial charge in [-0.25, -0.2) is 4.79 Å². The van der Waals surface area contributed by atoms with Gasteiger partial charge in [0.2, 0.25) is 0 Å². The molecule has 0 saturated carbocycles. The van der Waals surface area contributed by atoms with E-state index in [1.165, 1.54) is 4.88 Å². The van der Waals surface area contributed by atoms with Gasteiger partial charge in [-0.1, -0.05) is 6.07 Å². The number of thioether (sulfide) groups is 1. The molecule has 2 heterocycles. The normalized spacial score (nSPS) is 15.8. The standard InChI is InChI=1S/C11H12O2S2/c1-2-13-11(12)8-5-7-15-10(8)9-4-3-6-14-9/h3-4,6H,2,5,7H2,1H3. The first-order valence-corrected chi connectivity index (χ1v) is 6.76. The minimum atomic E-state index is -0.147. The lowest BCUT2D eigenvalue weighted by Gasteiger charge is -2.04. The van der Waals surface area contributed by atoms with Crippen LogP contribution in [0.15, 0.2) is 23.1 Å². The van der Waals surface area contributed by atoms with Crippen molar-refractivity contribution in [3.05, 3.63) is 28.0 Å². The van der Waals surface area contributed by atoms with E-state index in [-0.39, 0.29) is 5.97 Å². The maximum atomic E-state index is 11.7. The van der Waals surface area contributed by atoms with Gasteiger partial charge in [-0.15, -0.1) is 23.1 Å². The third-order valence-electron chi connectivity index (χ3n) is 2.14. The van der Waals surface area contributed by atoms with Crippen LogP contribution in [0.5, 0.6) is 0 Å². The molecule has 0 radical (unpaired) electrons. The van der Waals surface area contributed by atoms with Crippen LogP contribution < -0.4 is 0 Å². The van der Waals surface area contributed by atoms with E-state index in [0.717, 1.165) is 22.7 Å². The molecule has 0 N–H and O–H groups in total. The van der Waals surface area contributed by atoms with Crippen molar-refractivity contribution in [1.29, 1.82) is 0 Å². The lowest BCUT2D eigenvalue weighted by Crippen LogP contribution is -2.07. The second kappa shape index (κ2) is 4.86. The van der Waals surface area contributed by atoms with E-state index in [2.05, 4.69) is 6.07 Å². The Morgan fingerprint density at radius 3 is 3.13 bits per heavy atom. The average molecular weight is 240 g/mol. The molecule has 1 aromatic rings. The summed E-state index contributed by atoms with van der Waals surface area (Å²) in [5.41, 5.74) is 0.851. The fourth-order valence-corrected chi connectivity index (χ4v) is 3.59. The molecule has 0 fully saturated rings. The van der Waals surface area contributed by atoms with Crippen molar-refractivity contribution in [3.63, 3.8) is 0 Å². The first-order valence-electron chi connectivity index (χ1n) is 4.90. The fourth-order valence-electron chi connectivity index (χ4n) is 1.50. The van der Waals surface area contributed by atoms with Crippen molar-refractivity contribution in [1.82, 2.24) is 0 Å². The molecule has 2 nitrogen and oxygen atoms in total. The molecular formula is C11H12O2S2. The number of esters is 1. The van der Waals surface area contributed by atoms with Crippen LogP contribution in [0.25, 0.3) is 4.91 Å². The van der Waals surface area contributed by atoms with Gasteiger partial charge >= 0.3 is 5.97 Å². The zero-order chi connectivity index (χ0) is 10.7. The van der Waals surface area contributed by atoms with Crippen LogP contribution >= 0.6 is 23.1 Å². The van der Waals surface area contributed by atoms with Crippen LogP contribution in [0.2, 0.25) is 0 Å². The molecule has 15 heavy (non-hydrogen) atoms. The minimum Gasteiger partial charge on any atom is -0.463 e. The number of rotatable bonds is 3. The van der Waals surface area contributed by atoms with Gasteiger partial charge in [-0.2, -0.15) is 0 Å². The van der Waals surface area contributed by atoms with Crippen molar-refractivity contribution in [2.45, 2.75) is 13.3 Å². The van der Waals surface area contributed by atoms with E-state index in [1.807, 2.05) is 18.4 Å². The molecule has 0 atom stereocenters. The lowest BCUT2D eigenvalue weighted by molar-refractivity contribution is -0.138. The number of carbonyl (C=O) groups excluding carboxylic acids is 1. The monoisotopic (exact) mass is 240 g/mol. The summed E-state index contributed by atoms with van der Waals surface area (Å²) in [6, 6.07) is 4.06. The SMILES string of the molecule is CCOC(=O)C1=C(c2cccs2)SCC1. The molecule has 1 aliphatic rings. The van der Waals surface area contributed by atoms with E-state index < -0.39 is 0 Å². The molecule has 4 heteroatoms. The third kappa shape index (κ3) is 2.26. The molecule has 0 unspecified atom stereocenters. The third-order valence-corrected chi connectivity index (χ3v) is 4.32. The highest BCUT2D eigenvalue weighted by atomic mass is 32.2. The van der Waals surface area contributed by atoms with Crippen LogP contribution in [0.4, 0.5) is 0 Å². The van der Waals surface area contributed by atoms with Gasteiger partial charge in [0.25, 0.3) is 0 Å². The molecule has 1 aliphatic heterocycles. The predicted octanol–water partition coefficient (Wildman–Crippen LogP) is 3.16. The second-order valence-corrected chi connectivity index (χ2v) is 5.16. The Kier molecular flexibility index (Phi) is 3.49. The summed E-state index contributed by atoms with van der Waals surface area (Å²) in [6.45, 7) is 2.29. The van der Waals surface area contributed by atoms with E-state index in [9.17, 15) is 4.79 Å². The molecular weight excluding hydrogens is 228 g/mol. The smallest absolute Gasteiger partial charge is 0.335 e. The van der Waals surface area contributed by atoms with Crippen LogP contribution in [0, 0.1) is 0 Å². The molecule has 1 aromatic heterocycles. The number of hydrogen-bond acceptors (Lipinski definition) is 4. The van der Waals surface area contributed by atoms with Gasteiger partial charge < -0.3 is 4.74 Å². The maximum Gasteiger partial charge on any atom is 0.335 e. The lowest BCUT2D eigenvalue weighted by atomic mass is 10.2. The number of thiophene rings is 1. The molecule has 0 aliphatic carbocycles. The highest BCUT2D eigenvalue weighted by Gasteiger charge is 2.23. The van der Waals surface area contributed by atoms with Gasteiger partial charge in [-0.3, -0.25) is 0 Å². The van der Waals surface area contributed by atoms with Crippen molar-refractivity contribution >= 4 is 34.0 Å². The van der Waals surface area contributed by atoms with Crippen LogP contribution in [0.3, 0.4) is 0 Å². The first kappa shape index (κ1) is 10.8. The minimum absolute atomic E-state index is 0.147. The Morgan fingerprint density at radius 2 is 2.47 bits per heavy atom. The summed E-state index contributed by atoms with van der Waals surface area (Å²) in [5, 5.41) is 2.03. The summed E-state index contributed by atoms with van der Waals surface area (Å²) >= 11 is 3.42. The number of ether oxygens (including phenoxy) is 1. The maximum absolute atomic E-state index is 11.7. The van der Waals surface area contributed by atoms with E-state index in [4.69, 9.17) is 4.74 Å². The van der Waals surface area contributed by atoms with Gasteiger partial charge in [0.1, 0.15) is 0 Å². The second-order valence-electron chi connectivity index (χ2n) is 3.10. The molecule has 0 bridgehead atoms. The van der Waals surface area contributed by atoms with Crippen molar-refractivity contribution < 1.29 is 9.53 Å². The highest BCUT2D eigenvalue weighted by molar-refractivity contribution is 8.08. The summed E-state index contributed by atoms with van der Waals surface area (Å²) in [6.07, 6.45) is 0.830. The zero-order valence-corrected chi connectivity index (χ0v) is 10.1. The molecule has 0 saturated heterocycles. The summed E-state index contributed by atoms with van der Waals surface area (Å²) < 4.78 is 5.05. The molecule has 2 rings (SSSR count). The number of hydrogen-bond donors (Lipinski definition) is 0.